The Bertz CT molecular complexity index is 1100. The molecule has 4 rings (SSSR count). The van der Waals surface area contributed by atoms with Gasteiger partial charge < -0.3 is 19.1 Å². The van der Waals surface area contributed by atoms with Gasteiger partial charge in [0.2, 0.25) is 10.0 Å². The monoisotopic (exact) mass is 443 g/mol. The lowest BCUT2D eigenvalue weighted by Crippen LogP contribution is -2.51. The van der Waals surface area contributed by atoms with Gasteiger partial charge in [-0.1, -0.05) is 0 Å². The van der Waals surface area contributed by atoms with Crippen LogP contribution >= 0.6 is 0 Å². The summed E-state index contributed by atoms with van der Waals surface area (Å²) in [6.45, 7) is 1.60. The molecule has 0 aliphatic carbocycles. The zero-order chi connectivity index (χ0) is 21.8. The van der Waals surface area contributed by atoms with E-state index in [2.05, 4.69) is 0 Å². The highest BCUT2D eigenvalue weighted by molar-refractivity contribution is 7.89. The Morgan fingerprint density at radius 1 is 1.00 bits per heavy atom. The number of amides is 1. The fourth-order valence-corrected chi connectivity index (χ4v) is 4.81. The van der Waals surface area contributed by atoms with Gasteiger partial charge in [-0.25, -0.2) is 8.42 Å². The van der Waals surface area contributed by atoms with E-state index in [0.717, 1.165) is 0 Å². The van der Waals surface area contributed by atoms with Crippen molar-refractivity contribution in [3.05, 3.63) is 48.0 Å². The van der Waals surface area contributed by atoms with E-state index in [0.29, 0.717) is 36.0 Å². The molecule has 2 aliphatic heterocycles. The second-order valence-electron chi connectivity index (χ2n) is 7.02. The molecule has 2 aromatic rings. The first-order chi connectivity index (χ1) is 15.0. The third-order valence-corrected chi connectivity index (χ3v) is 6.98. The number of nitrogens with zero attached hydrogens (tertiary/aromatic N) is 3. The molecule has 2 heterocycles. The lowest BCUT2D eigenvalue weighted by atomic mass is 10.2. The number of hydrogen-bond donors (Lipinski definition) is 0. The number of fused-ring (bicyclic) bond motifs is 1. The molecule has 0 saturated carbocycles. The average molecular weight is 443 g/mol. The standard InChI is InChI=1S/C21H21N3O6S/c22-14-16-1-3-17(4-2-16)30-15-21(25)23-7-9-24(10-8-23)31(26,27)18-5-6-19-20(13-18)29-12-11-28-19/h1-6,13H,7-12,15H2. The zero-order valence-electron chi connectivity index (χ0n) is 16.7. The molecule has 2 aliphatic rings. The first-order valence-electron chi connectivity index (χ1n) is 9.78. The van der Waals surface area contributed by atoms with Crippen LogP contribution in [0.1, 0.15) is 5.56 Å². The van der Waals surface area contributed by atoms with E-state index >= 15 is 0 Å². The van der Waals surface area contributed by atoms with Crippen LogP contribution in [0, 0.1) is 11.3 Å². The molecule has 10 heteroatoms. The van der Waals surface area contributed by atoms with Crippen molar-refractivity contribution < 1.29 is 27.4 Å². The lowest BCUT2D eigenvalue weighted by Gasteiger charge is -2.34. The van der Waals surface area contributed by atoms with Crippen molar-refractivity contribution in [3.8, 4) is 23.3 Å². The van der Waals surface area contributed by atoms with Gasteiger partial charge in [-0.2, -0.15) is 9.57 Å². The predicted octanol–water partition coefficient (Wildman–Crippen LogP) is 1.24. The molecule has 1 saturated heterocycles. The van der Waals surface area contributed by atoms with Crippen molar-refractivity contribution in [1.29, 1.82) is 5.26 Å². The first kappa shape index (κ1) is 21.0. The van der Waals surface area contributed by atoms with E-state index in [4.69, 9.17) is 19.5 Å². The number of carbonyl (C=O) groups excluding carboxylic acids is 1. The number of nitriles is 1. The van der Waals surface area contributed by atoms with Crippen molar-refractivity contribution in [3.63, 3.8) is 0 Å². The van der Waals surface area contributed by atoms with E-state index in [-0.39, 0.29) is 43.6 Å². The minimum atomic E-state index is -3.70. The van der Waals surface area contributed by atoms with Crippen LogP contribution in [0.15, 0.2) is 47.4 Å². The van der Waals surface area contributed by atoms with Gasteiger partial charge in [0.25, 0.3) is 5.91 Å². The molecular formula is C21H21N3O6S. The number of hydrogen-bond acceptors (Lipinski definition) is 7. The fourth-order valence-electron chi connectivity index (χ4n) is 3.37. The van der Waals surface area contributed by atoms with Crippen LogP contribution in [0.3, 0.4) is 0 Å². The Hall–Kier alpha value is -3.29. The summed E-state index contributed by atoms with van der Waals surface area (Å²) in [7, 11) is -3.70. The van der Waals surface area contributed by atoms with Crippen molar-refractivity contribution in [2.24, 2.45) is 0 Å². The van der Waals surface area contributed by atoms with Gasteiger partial charge in [-0.05, 0) is 36.4 Å². The molecule has 0 radical (unpaired) electrons. The van der Waals surface area contributed by atoms with E-state index in [9.17, 15) is 13.2 Å². The molecule has 0 spiro atoms. The third kappa shape index (κ3) is 4.57. The summed E-state index contributed by atoms with van der Waals surface area (Å²) in [6, 6.07) is 13.1. The van der Waals surface area contributed by atoms with Crippen LogP contribution in [-0.4, -0.2) is 69.5 Å². The Morgan fingerprint density at radius 3 is 2.35 bits per heavy atom. The summed E-state index contributed by atoms with van der Waals surface area (Å²) in [5.74, 6) is 1.22. The first-order valence-corrected chi connectivity index (χ1v) is 11.2. The minimum Gasteiger partial charge on any atom is -0.486 e. The SMILES string of the molecule is N#Cc1ccc(OCC(=O)N2CCN(S(=O)(=O)c3ccc4c(c3)OCCO4)CC2)cc1. The largest absolute Gasteiger partial charge is 0.486 e. The molecule has 0 bridgehead atoms. The van der Waals surface area contributed by atoms with Crippen LogP contribution in [0.4, 0.5) is 0 Å². The summed E-state index contributed by atoms with van der Waals surface area (Å²) < 4.78 is 43.7. The number of benzene rings is 2. The van der Waals surface area contributed by atoms with E-state index < -0.39 is 10.0 Å². The topological polar surface area (TPSA) is 109 Å². The highest BCUT2D eigenvalue weighted by Crippen LogP contribution is 2.33. The second-order valence-corrected chi connectivity index (χ2v) is 8.95. The fraction of sp³-hybridized carbons (Fsp3) is 0.333. The van der Waals surface area contributed by atoms with Gasteiger partial charge in [0, 0.05) is 32.2 Å². The van der Waals surface area contributed by atoms with Crippen molar-refractivity contribution in [1.82, 2.24) is 9.21 Å². The van der Waals surface area contributed by atoms with Gasteiger partial charge in [-0.3, -0.25) is 4.79 Å². The molecule has 0 N–H and O–H groups in total. The van der Waals surface area contributed by atoms with Crippen LogP contribution in [-0.2, 0) is 14.8 Å². The molecule has 0 atom stereocenters. The van der Waals surface area contributed by atoms with Crippen LogP contribution in [0.5, 0.6) is 17.2 Å². The Labute approximate surface area is 180 Å². The van der Waals surface area contributed by atoms with Gasteiger partial charge in [0.05, 0.1) is 16.5 Å². The normalized spacial score (nSPS) is 16.4. The smallest absolute Gasteiger partial charge is 0.260 e. The van der Waals surface area contributed by atoms with Gasteiger partial charge >= 0.3 is 0 Å². The lowest BCUT2D eigenvalue weighted by molar-refractivity contribution is -0.134. The van der Waals surface area contributed by atoms with Gasteiger partial charge in [0.15, 0.2) is 18.1 Å². The third-order valence-electron chi connectivity index (χ3n) is 5.09. The minimum absolute atomic E-state index is 0.140. The van der Waals surface area contributed by atoms with Gasteiger partial charge in [0.1, 0.15) is 19.0 Å². The Morgan fingerprint density at radius 2 is 1.68 bits per heavy atom. The van der Waals surface area contributed by atoms with Crippen molar-refractivity contribution in [2.45, 2.75) is 4.90 Å². The predicted molar refractivity (Wildman–Crippen MR) is 109 cm³/mol. The summed E-state index contributed by atoms with van der Waals surface area (Å²) in [5, 5.41) is 8.81. The average Bonchev–Trinajstić information content (AvgIpc) is 2.82. The number of ether oxygens (including phenoxy) is 3. The van der Waals surface area contributed by atoms with Crippen LogP contribution in [0.25, 0.3) is 0 Å². The van der Waals surface area contributed by atoms with Crippen molar-refractivity contribution >= 4 is 15.9 Å². The van der Waals surface area contributed by atoms with Crippen molar-refractivity contribution in [2.75, 3.05) is 46.0 Å². The zero-order valence-corrected chi connectivity index (χ0v) is 17.5. The van der Waals surface area contributed by atoms with E-state index in [1.807, 2.05) is 6.07 Å². The molecule has 9 nitrogen and oxygen atoms in total. The Balaban J connectivity index is 1.33. The van der Waals surface area contributed by atoms with Gasteiger partial charge in [-0.15, -0.1) is 0 Å². The summed E-state index contributed by atoms with van der Waals surface area (Å²) in [4.78, 5) is 14.2. The quantitative estimate of drug-likeness (QED) is 0.684. The molecular weight excluding hydrogens is 422 g/mol. The molecule has 0 aromatic heterocycles. The number of rotatable bonds is 5. The maximum Gasteiger partial charge on any atom is 0.260 e. The van der Waals surface area contributed by atoms with E-state index in [1.165, 1.54) is 16.4 Å². The number of carbonyl (C=O) groups is 1. The summed E-state index contributed by atoms with van der Waals surface area (Å²) in [6.07, 6.45) is 0. The summed E-state index contributed by atoms with van der Waals surface area (Å²) in [5.41, 5.74) is 0.508. The van der Waals surface area contributed by atoms with Crippen LogP contribution in [0.2, 0.25) is 0 Å². The highest BCUT2D eigenvalue weighted by atomic mass is 32.2. The van der Waals surface area contributed by atoms with E-state index in [1.54, 1.807) is 35.2 Å². The molecule has 1 fully saturated rings. The highest BCUT2D eigenvalue weighted by Gasteiger charge is 2.31. The molecule has 31 heavy (non-hydrogen) atoms. The molecule has 0 unspecified atom stereocenters. The Kier molecular flexibility index (Phi) is 5.97. The summed E-state index contributed by atoms with van der Waals surface area (Å²) >= 11 is 0. The number of piperazine rings is 1. The molecule has 2 aromatic carbocycles. The molecule has 162 valence electrons. The maximum absolute atomic E-state index is 13.0. The second kappa shape index (κ2) is 8.83. The number of sulfonamides is 1. The maximum atomic E-state index is 13.0. The molecule has 1 amide bonds. The van der Waals surface area contributed by atoms with Crippen LogP contribution < -0.4 is 14.2 Å².